The molecule has 1 aromatic carbocycles. The van der Waals surface area contributed by atoms with E-state index in [2.05, 4.69) is 15.9 Å². The average molecular weight is 305 g/mol. The Morgan fingerprint density at radius 2 is 2.12 bits per heavy atom. The van der Waals surface area contributed by atoms with Gasteiger partial charge in [-0.1, -0.05) is 6.92 Å². The number of halogens is 1. The first-order chi connectivity index (χ1) is 8.12. The first-order valence-electron chi connectivity index (χ1n) is 5.40. The molecule has 2 N–H and O–H groups in total. The molecule has 0 aromatic heterocycles. The van der Waals surface area contributed by atoms with Crippen LogP contribution >= 0.6 is 15.9 Å². The molecule has 0 saturated heterocycles. The highest BCUT2D eigenvalue weighted by molar-refractivity contribution is 9.10. The maximum atomic E-state index is 9.45. The predicted molar refractivity (Wildman–Crippen MR) is 68.4 cm³/mol. The Balaban J connectivity index is 2.89. The summed E-state index contributed by atoms with van der Waals surface area (Å²) >= 11 is 3.35. The molecular formula is C12H17BrO4. The van der Waals surface area contributed by atoms with E-state index in [1.165, 1.54) is 7.11 Å². The molecule has 0 aliphatic heterocycles. The highest BCUT2D eigenvalue weighted by atomic mass is 79.9. The molecule has 0 spiro atoms. The van der Waals surface area contributed by atoms with Gasteiger partial charge in [0.05, 0.1) is 24.3 Å². The van der Waals surface area contributed by atoms with Crippen molar-refractivity contribution in [2.45, 2.75) is 26.1 Å². The van der Waals surface area contributed by atoms with Gasteiger partial charge in [0.25, 0.3) is 0 Å². The fraction of sp³-hybridized carbons (Fsp3) is 0.500. The minimum Gasteiger partial charge on any atom is -0.493 e. The lowest BCUT2D eigenvalue weighted by Crippen LogP contribution is -2.16. The minimum absolute atomic E-state index is 0.0627. The number of hydrogen-bond donors (Lipinski definition) is 2. The summed E-state index contributed by atoms with van der Waals surface area (Å²) in [6, 6.07) is 3.47. The summed E-state index contributed by atoms with van der Waals surface area (Å²) in [6.07, 6.45) is 0.137. The van der Waals surface area contributed by atoms with Crippen molar-refractivity contribution < 1.29 is 19.7 Å². The first-order valence-corrected chi connectivity index (χ1v) is 6.19. The summed E-state index contributed by atoms with van der Waals surface area (Å²) in [5, 5.41) is 18.5. The van der Waals surface area contributed by atoms with E-state index in [1.807, 2.05) is 6.92 Å². The Hall–Kier alpha value is -0.780. The monoisotopic (exact) mass is 304 g/mol. The van der Waals surface area contributed by atoms with Gasteiger partial charge in [-0.2, -0.15) is 0 Å². The number of ether oxygens (including phenoxy) is 2. The molecule has 96 valence electrons. The number of rotatable bonds is 6. The van der Waals surface area contributed by atoms with Crippen molar-refractivity contribution in [1.82, 2.24) is 0 Å². The maximum Gasteiger partial charge on any atom is 0.175 e. The molecule has 0 radical (unpaired) electrons. The Bertz CT molecular complexity index is 368. The van der Waals surface area contributed by atoms with Crippen molar-refractivity contribution >= 4 is 15.9 Å². The molecule has 5 heteroatoms. The molecule has 1 unspecified atom stereocenters. The van der Waals surface area contributed by atoms with E-state index in [4.69, 9.17) is 14.6 Å². The first kappa shape index (κ1) is 14.3. The van der Waals surface area contributed by atoms with Crippen LogP contribution in [0.15, 0.2) is 16.6 Å². The molecule has 1 rings (SSSR count). The molecule has 4 nitrogen and oxygen atoms in total. The molecule has 1 aromatic rings. The number of benzene rings is 1. The molecule has 1 atom stereocenters. The van der Waals surface area contributed by atoms with Crippen LogP contribution in [-0.4, -0.2) is 30.0 Å². The number of methoxy groups -OCH3 is 1. The van der Waals surface area contributed by atoms with Crippen LogP contribution in [0, 0.1) is 0 Å². The third-order valence-corrected chi connectivity index (χ3v) is 2.95. The molecule has 0 amide bonds. The fourth-order valence-corrected chi connectivity index (χ4v) is 1.91. The molecule has 0 saturated carbocycles. The van der Waals surface area contributed by atoms with Crippen molar-refractivity contribution in [3.63, 3.8) is 0 Å². The summed E-state index contributed by atoms with van der Waals surface area (Å²) in [5.74, 6) is 1.07. The molecular weight excluding hydrogens is 288 g/mol. The average Bonchev–Trinajstić information content (AvgIpc) is 2.35. The zero-order chi connectivity index (χ0) is 12.8. The van der Waals surface area contributed by atoms with Gasteiger partial charge in [-0.15, -0.1) is 0 Å². The van der Waals surface area contributed by atoms with Gasteiger partial charge in [-0.25, -0.2) is 0 Å². The normalized spacial score (nSPS) is 12.3. The van der Waals surface area contributed by atoms with Crippen molar-refractivity contribution in [3.05, 3.63) is 22.2 Å². The van der Waals surface area contributed by atoms with Gasteiger partial charge in [0, 0.05) is 0 Å². The lowest BCUT2D eigenvalue weighted by Gasteiger charge is -2.15. The Kier molecular flexibility index (Phi) is 5.74. The fourth-order valence-electron chi connectivity index (χ4n) is 1.30. The topological polar surface area (TPSA) is 58.9 Å². The number of aliphatic hydroxyl groups is 2. The van der Waals surface area contributed by atoms with Crippen LogP contribution in [0.5, 0.6) is 11.5 Å². The Labute approximate surface area is 109 Å². The predicted octanol–water partition coefficient (Wildman–Crippen LogP) is 2.10. The van der Waals surface area contributed by atoms with Crippen LogP contribution in [0.1, 0.15) is 18.9 Å². The van der Waals surface area contributed by atoms with E-state index in [-0.39, 0.29) is 13.2 Å². The smallest absolute Gasteiger partial charge is 0.175 e. The van der Waals surface area contributed by atoms with Gasteiger partial charge in [0.15, 0.2) is 11.5 Å². The van der Waals surface area contributed by atoms with E-state index in [0.29, 0.717) is 22.4 Å². The van der Waals surface area contributed by atoms with Crippen molar-refractivity contribution in [3.8, 4) is 11.5 Å². The molecule has 0 heterocycles. The van der Waals surface area contributed by atoms with Gasteiger partial charge in [-0.05, 0) is 40.0 Å². The minimum atomic E-state index is -0.496. The molecule has 0 fully saturated rings. The van der Waals surface area contributed by atoms with E-state index in [9.17, 15) is 5.11 Å². The van der Waals surface area contributed by atoms with Crippen LogP contribution in [-0.2, 0) is 6.61 Å². The Morgan fingerprint density at radius 1 is 1.41 bits per heavy atom. The van der Waals surface area contributed by atoms with Crippen LogP contribution in [0.4, 0.5) is 0 Å². The van der Waals surface area contributed by atoms with Crippen LogP contribution in [0.2, 0.25) is 0 Å². The van der Waals surface area contributed by atoms with Crippen molar-refractivity contribution in [2.24, 2.45) is 0 Å². The Morgan fingerprint density at radius 3 is 2.65 bits per heavy atom. The summed E-state index contributed by atoms with van der Waals surface area (Å²) in [4.78, 5) is 0. The molecule has 0 aliphatic rings. The summed E-state index contributed by atoms with van der Waals surface area (Å²) in [5.41, 5.74) is 0.733. The van der Waals surface area contributed by atoms with Gasteiger partial charge < -0.3 is 19.7 Å². The van der Waals surface area contributed by atoms with Gasteiger partial charge in [0.1, 0.15) is 6.61 Å². The van der Waals surface area contributed by atoms with Gasteiger partial charge >= 0.3 is 0 Å². The standard InChI is InChI=1S/C12H17BrO4/c1-3-9(15)7-17-12-10(13)4-8(6-14)5-11(12)16-2/h4-5,9,14-15H,3,6-7H2,1-2H3. The molecule has 0 bridgehead atoms. The molecule has 0 aliphatic carbocycles. The molecule has 17 heavy (non-hydrogen) atoms. The van der Waals surface area contributed by atoms with Crippen LogP contribution in [0.3, 0.4) is 0 Å². The lowest BCUT2D eigenvalue weighted by atomic mass is 10.2. The highest BCUT2D eigenvalue weighted by Crippen LogP contribution is 2.36. The van der Waals surface area contributed by atoms with E-state index < -0.39 is 6.10 Å². The second-order valence-electron chi connectivity index (χ2n) is 3.64. The third-order valence-electron chi connectivity index (χ3n) is 2.36. The highest BCUT2D eigenvalue weighted by Gasteiger charge is 2.13. The lowest BCUT2D eigenvalue weighted by molar-refractivity contribution is 0.102. The maximum absolute atomic E-state index is 9.45. The van der Waals surface area contributed by atoms with E-state index in [1.54, 1.807) is 12.1 Å². The van der Waals surface area contributed by atoms with E-state index >= 15 is 0 Å². The summed E-state index contributed by atoms with van der Waals surface area (Å²) in [6.45, 7) is 2.03. The van der Waals surface area contributed by atoms with E-state index in [0.717, 1.165) is 5.56 Å². The second kappa shape index (κ2) is 6.83. The quantitative estimate of drug-likeness (QED) is 0.845. The van der Waals surface area contributed by atoms with Gasteiger partial charge in [0.2, 0.25) is 0 Å². The summed E-state index contributed by atoms with van der Waals surface area (Å²) < 4.78 is 11.4. The number of hydrogen-bond acceptors (Lipinski definition) is 4. The summed E-state index contributed by atoms with van der Waals surface area (Å²) in [7, 11) is 1.53. The second-order valence-corrected chi connectivity index (χ2v) is 4.49. The SMILES string of the molecule is CCC(O)COc1c(Br)cc(CO)cc1OC. The third kappa shape index (κ3) is 3.87. The zero-order valence-corrected chi connectivity index (χ0v) is 11.5. The van der Waals surface area contributed by atoms with Crippen molar-refractivity contribution in [2.75, 3.05) is 13.7 Å². The van der Waals surface area contributed by atoms with Gasteiger partial charge in [-0.3, -0.25) is 0 Å². The zero-order valence-electron chi connectivity index (χ0n) is 9.94. The van der Waals surface area contributed by atoms with Crippen LogP contribution in [0.25, 0.3) is 0 Å². The van der Waals surface area contributed by atoms with Crippen molar-refractivity contribution in [1.29, 1.82) is 0 Å². The number of aliphatic hydroxyl groups excluding tert-OH is 2. The largest absolute Gasteiger partial charge is 0.493 e. The van der Waals surface area contributed by atoms with Crippen LogP contribution < -0.4 is 9.47 Å².